The molecule has 1 aliphatic rings. The third-order valence-corrected chi connectivity index (χ3v) is 4.04. The fourth-order valence-corrected chi connectivity index (χ4v) is 3.01. The zero-order chi connectivity index (χ0) is 12.2. The molecule has 3 rings (SSSR count). The van der Waals surface area contributed by atoms with Crippen LogP contribution in [0.25, 0.3) is 0 Å². The van der Waals surface area contributed by atoms with E-state index in [-0.39, 0.29) is 0 Å². The Bertz CT molecular complexity index is 394. The Balaban J connectivity index is 1.46. The molecule has 2 N–H and O–H groups in total. The molecule has 18 heavy (non-hydrogen) atoms. The number of imidazole rings is 2. The van der Waals surface area contributed by atoms with Gasteiger partial charge in [0, 0.05) is 37.6 Å². The predicted octanol–water partition coefficient (Wildman–Crippen LogP) is 2.72. The van der Waals surface area contributed by atoms with Crippen molar-refractivity contribution in [3.63, 3.8) is 0 Å². The van der Waals surface area contributed by atoms with Gasteiger partial charge in [-0.15, -0.1) is 0 Å². The molecule has 0 amide bonds. The zero-order valence-corrected chi connectivity index (χ0v) is 10.6. The lowest BCUT2D eigenvalue weighted by Crippen LogP contribution is -2.18. The third-order valence-electron chi connectivity index (χ3n) is 4.04. The van der Waals surface area contributed by atoms with E-state index in [9.17, 15) is 0 Å². The average molecular weight is 244 g/mol. The Labute approximate surface area is 107 Å². The van der Waals surface area contributed by atoms with Crippen LogP contribution in [0.2, 0.25) is 0 Å². The smallest absolute Gasteiger partial charge is 0.106 e. The van der Waals surface area contributed by atoms with Crippen LogP contribution in [0, 0.1) is 11.8 Å². The number of hydrogen-bond donors (Lipinski definition) is 2. The van der Waals surface area contributed by atoms with Crippen molar-refractivity contribution in [3.05, 3.63) is 36.4 Å². The van der Waals surface area contributed by atoms with E-state index < -0.39 is 0 Å². The average Bonchev–Trinajstić information content (AvgIpc) is 3.05. The van der Waals surface area contributed by atoms with Gasteiger partial charge in [-0.2, -0.15) is 0 Å². The molecule has 0 spiro atoms. The summed E-state index contributed by atoms with van der Waals surface area (Å²) in [5.41, 5.74) is 0. The Morgan fingerprint density at radius 1 is 0.833 bits per heavy atom. The van der Waals surface area contributed by atoms with Crippen LogP contribution in [0.15, 0.2) is 24.8 Å². The van der Waals surface area contributed by atoms with Crippen molar-refractivity contribution in [2.75, 3.05) is 0 Å². The number of nitrogens with zero attached hydrogens (tertiary/aromatic N) is 2. The topological polar surface area (TPSA) is 57.4 Å². The Hall–Kier alpha value is -1.58. The van der Waals surface area contributed by atoms with Crippen LogP contribution >= 0.6 is 0 Å². The van der Waals surface area contributed by atoms with E-state index in [1.807, 2.05) is 24.8 Å². The molecule has 0 bridgehead atoms. The summed E-state index contributed by atoms with van der Waals surface area (Å²) in [6, 6.07) is 0. The minimum atomic E-state index is 0.809. The predicted molar refractivity (Wildman–Crippen MR) is 70.0 cm³/mol. The van der Waals surface area contributed by atoms with Crippen LogP contribution in [0.4, 0.5) is 0 Å². The molecule has 4 heteroatoms. The van der Waals surface area contributed by atoms with E-state index in [0.717, 1.165) is 36.3 Å². The van der Waals surface area contributed by atoms with Crippen molar-refractivity contribution < 1.29 is 0 Å². The van der Waals surface area contributed by atoms with Gasteiger partial charge >= 0.3 is 0 Å². The first-order valence-corrected chi connectivity index (χ1v) is 6.86. The Morgan fingerprint density at radius 2 is 1.28 bits per heavy atom. The van der Waals surface area contributed by atoms with Crippen LogP contribution < -0.4 is 0 Å². The minimum Gasteiger partial charge on any atom is -0.349 e. The monoisotopic (exact) mass is 244 g/mol. The molecule has 0 saturated heterocycles. The summed E-state index contributed by atoms with van der Waals surface area (Å²) in [5, 5.41) is 0. The molecule has 2 aromatic heterocycles. The first kappa shape index (κ1) is 11.5. The molecular weight excluding hydrogens is 224 g/mol. The quantitative estimate of drug-likeness (QED) is 0.868. The van der Waals surface area contributed by atoms with Gasteiger partial charge in [0.1, 0.15) is 11.6 Å². The Kier molecular flexibility index (Phi) is 3.44. The summed E-state index contributed by atoms with van der Waals surface area (Å²) in [6.45, 7) is 0. The molecule has 0 aliphatic heterocycles. The second-order valence-electron chi connectivity index (χ2n) is 5.37. The van der Waals surface area contributed by atoms with E-state index >= 15 is 0 Å². The molecule has 4 nitrogen and oxygen atoms in total. The standard InChI is InChI=1S/C14H20N4/c1-2-12(10-14-17-7-8-18-14)4-3-11(1)9-13-15-5-6-16-13/h5-8,11-12H,1-4,9-10H2,(H,15,16)(H,17,18). The molecule has 1 saturated carbocycles. The number of H-pyrrole nitrogens is 2. The van der Waals surface area contributed by atoms with Crippen molar-refractivity contribution >= 4 is 0 Å². The van der Waals surface area contributed by atoms with Gasteiger partial charge in [-0.1, -0.05) is 0 Å². The van der Waals surface area contributed by atoms with E-state index in [0.29, 0.717) is 0 Å². The summed E-state index contributed by atoms with van der Waals surface area (Å²) in [7, 11) is 0. The van der Waals surface area contributed by atoms with Crippen molar-refractivity contribution in [2.45, 2.75) is 38.5 Å². The first-order valence-electron chi connectivity index (χ1n) is 6.86. The van der Waals surface area contributed by atoms with Crippen LogP contribution in [-0.2, 0) is 12.8 Å². The summed E-state index contributed by atoms with van der Waals surface area (Å²) in [5.74, 6) is 3.90. The zero-order valence-electron chi connectivity index (χ0n) is 10.6. The summed E-state index contributed by atoms with van der Waals surface area (Å²) in [6.07, 6.45) is 15.0. The molecule has 0 unspecified atom stereocenters. The molecule has 2 heterocycles. The summed E-state index contributed by atoms with van der Waals surface area (Å²) in [4.78, 5) is 15.1. The number of aromatic amines is 2. The van der Waals surface area contributed by atoms with Gasteiger partial charge in [-0.25, -0.2) is 9.97 Å². The second-order valence-corrected chi connectivity index (χ2v) is 5.37. The second kappa shape index (κ2) is 5.38. The molecule has 0 atom stereocenters. The lowest BCUT2D eigenvalue weighted by molar-refractivity contribution is 0.268. The van der Waals surface area contributed by atoms with Crippen molar-refractivity contribution in [3.8, 4) is 0 Å². The number of hydrogen-bond acceptors (Lipinski definition) is 2. The maximum atomic E-state index is 4.32. The normalized spacial score (nSPS) is 24.2. The fourth-order valence-electron chi connectivity index (χ4n) is 3.01. The van der Waals surface area contributed by atoms with E-state index in [1.165, 1.54) is 25.7 Å². The highest BCUT2D eigenvalue weighted by Gasteiger charge is 2.22. The van der Waals surface area contributed by atoms with Gasteiger partial charge in [0.05, 0.1) is 0 Å². The maximum absolute atomic E-state index is 4.32. The van der Waals surface area contributed by atoms with Gasteiger partial charge in [-0.05, 0) is 37.5 Å². The highest BCUT2D eigenvalue weighted by molar-refractivity contribution is 4.93. The van der Waals surface area contributed by atoms with Crippen LogP contribution in [0.5, 0.6) is 0 Å². The van der Waals surface area contributed by atoms with Crippen molar-refractivity contribution in [1.82, 2.24) is 19.9 Å². The molecule has 1 fully saturated rings. The van der Waals surface area contributed by atoms with Gasteiger partial charge in [-0.3, -0.25) is 0 Å². The van der Waals surface area contributed by atoms with Gasteiger partial charge in [0.2, 0.25) is 0 Å². The van der Waals surface area contributed by atoms with Crippen LogP contribution in [0.1, 0.15) is 37.3 Å². The van der Waals surface area contributed by atoms with Crippen LogP contribution in [0.3, 0.4) is 0 Å². The van der Waals surface area contributed by atoms with E-state index in [2.05, 4.69) is 19.9 Å². The van der Waals surface area contributed by atoms with E-state index in [4.69, 9.17) is 0 Å². The Morgan fingerprint density at radius 3 is 1.61 bits per heavy atom. The number of aromatic nitrogens is 4. The first-order chi connectivity index (χ1) is 8.90. The maximum Gasteiger partial charge on any atom is 0.106 e. The SMILES string of the molecule is c1c[nH]c(CC2CCC(Cc3ncc[nH]3)CC2)n1. The highest BCUT2D eigenvalue weighted by Crippen LogP contribution is 2.31. The molecule has 0 radical (unpaired) electrons. The van der Waals surface area contributed by atoms with Gasteiger partial charge < -0.3 is 9.97 Å². The summed E-state index contributed by atoms with van der Waals surface area (Å²) >= 11 is 0. The number of rotatable bonds is 4. The van der Waals surface area contributed by atoms with Gasteiger partial charge in [0.25, 0.3) is 0 Å². The summed E-state index contributed by atoms with van der Waals surface area (Å²) < 4.78 is 0. The van der Waals surface area contributed by atoms with Gasteiger partial charge in [0.15, 0.2) is 0 Å². The minimum absolute atomic E-state index is 0.809. The fraction of sp³-hybridized carbons (Fsp3) is 0.571. The highest BCUT2D eigenvalue weighted by atomic mass is 14.9. The molecule has 0 aromatic carbocycles. The molecule has 1 aliphatic carbocycles. The number of nitrogens with one attached hydrogen (secondary N) is 2. The lowest BCUT2D eigenvalue weighted by atomic mass is 9.79. The lowest BCUT2D eigenvalue weighted by Gasteiger charge is -2.27. The van der Waals surface area contributed by atoms with Crippen molar-refractivity contribution in [1.29, 1.82) is 0 Å². The molecule has 2 aromatic rings. The van der Waals surface area contributed by atoms with E-state index in [1.54, 1.807) is 0 Å². The third kappa shape index (κ3) is 2.81. The molecule has 96 valence electrons. The largest absolute Gasteiger partial charge is 0.349 e. The van der Waals surface area contributed by atoms with Crippen LogP contribution in [-0.4, -0.2) is 19.9 Å². The van der Waals surface area contributed by atoms with Crippen molar-refractivity contribution in [2.24, 2.45) is 11.8 Å². The molecular formula is C14H20N4.